The summed E-state index contributed by atoms with van der Waals surface area (Å²) in [7, 11) is 1.64. The molecule has 7 heteroatoms. The maximum absolute atomic E-state index is 13.1. The van der Waals surface area contributed by atoms with Crippen molar-refractivity contribution >= 4 is 28.9 Å². The lowest BCUT2D eigenvalue weighted by Gasteiger charge is -2.28. The van der Waals surface area contributed by atoms with Gasteiger partial charge in [-0.1, -0.05) is 48.9 Å². The van der Waals surface area contributed by atoms with Crippen LogP contribution in [0.15, 0.2) is 65.9 Å². The average molecular weight is 425 g/mol. The molecule has 156 valence electrons. The minimum atomic E-state index is -0.192. The molecule has 2 aliphatic rings. The number of methoxy groups -OCH3 is 1. The Balaban J connectivity index is 1.68. The van der Waals surface area contributed by atoms with Crippen LogP contribution in [0.25, 0.3) is 0 Å². The topological polar surface area (TPSA) is 57.2 Å². The highest BCUT2D eigenvalue weighted by molar-refractivity contribution is 6.40. The highest BCUT2D eigenvalue weighted by Gasteiger charge is 2.40. The number of carbonyl (C=O) groups is 1. The largest absolute Gasteiger partial charge is 0.497 e. The summed E-state index contributed by atoms with van der Waals surface area (Å²) in [5.74, 6) is 0.454. The number of hydrazone groups is 1. The summed E-state index contributed by atoms with van der Waals surface area (Å²) < 4.78 is 5.29. The van der Waals surface area contributed by atoms with E-state index in [0.717, 1.165) is 36.4 Å². The number of rotatable bonds is 5. The van der Waals surface area contributed by atoms with Crippen LogP contribution in [-0.2, 0) is 4.79 Å². The summed E-state index contributed by atoms with van der Waals surface area (Å²) in [6.07, 6.45) is 6.01. The summed E-state index contributed by atoms with van der Waals surface area (Å²) in [5, 5.41) is 9.01. The number of hydrogen-bond acceptors (Lipinski definition) is 5. The number of hydrogen-bond donors (Lipinski definition) is 1. The molecule has 0 radical (unpaired) electrons. The molecule has 0 unspecified atom stereocenters. The van der Waals surface area contributed by atoms with Gasteiger partial charge in [-0.05, 0) is 42.7 Å². The zero-order valence-corrected chi connectivity index (χ0v) is 17.8. The van der Waals surface area contributed by atoms with E-state index in [1.54, 1.807) is 7.11 Å². The van der Waals surface area contributed by atoms with E-state index in [1.807, 2.05) is 71.7 Å². The number of allylic oxidation sites excluding steroid dienone is 1. The number of amides is 1. The summed E-state index contributed by atoms with van der Waals surface area (Å²) in [5.41, 5.74) is 5.25. The SMILES string of the molecule is COc1ccc([C@@H]2[C@H](C)C(C(=O)NN3C=CCCC3)=NN2c2ccccc2Cl)cc1. The molecule has 1 amide bonds. The fourth-order valence-electron chi connectivity index (χ4n) is 3.89. The van der Waals surface area contributed by atoms with Gasteiger partial charge in [0.25, 0.3) is 5.91 Å². The number of ether oxygens (including phenoxy) is 1. The fraction of sp³-hybridized carbons (Fsp3) is 0.304. The number of anilines is 1. The third-order valence-corrected chi connectivity index (χ3v) is 5.79. The lowest BCUT2D eigenvalue weighted by atomic mass is 9.91. The number of hydrazine groups is 1. The van der Waals surface area contributed by atoms with Crippen LogP contribution in [0.4, 0.5) is 5.69 Å². The average Bonchev–Trinajstić information content (AvgIpc) is 3.12. The summed E-state index contributed by atoms with van der Waals surface area (Å²) in [4.78, 5) is 13.1. The molecule has 30 heavy (non-hydrogen) atoms. The quantitative estimate of drug-likeness (QED) is 0.765. The molecule has 2 aromatic carbocycles. The Labute approximate surface area is 181 Å². The zero-order chi connectivity index (χ0) is 21.1. The minimum absolute atomic E-state index is 0.136. The van der Waals surface area contributed by atoms with Crippen molar-refractivity contribution in [1.82, 2.24) is 10.4 Å². The van der Waals surface area contributed by atoms with E-state index >= 15 is 0 Å². The smallest absolute Gasteiger partial charge is 0.286 e. The molecule has 0 fully saturated rings. The van der Waals surface area contributed by atoms with Gasteiger partial charge in [-0.15, -0.1) is 0 Å². The van der Waals surface area contributed by atoms with E-state index in [2.05, 4.69) is 11.5 Å². The number of carbonyl (C=O) groups excluding carboxylic acids is 1. The van der Waals surface area contributed by atoms with Crippen LogP contribution >= 0.6 is 11.6 Å². The van der Waals surface area contributed by atoms with Crippen molar-refractivity contribution in [2.75, 3.05) is 18.7 Å². The fourth-order valence-corrected chi connectivity index (χ4v) is 4.11. The highest BCUT2D eigenvalue weighted by Crippen LogP contribution is 2.41. The summed E-state index contributed by atoms with van der Waals surface area (Å²) in [6.45, 7) is 2.82. The van der Waals surface area contributed by atoms with Gasteiger partial charge in [0.05, 0.1) is 23.9 Å². The maximum atomic E-state index is 13.1. The first kappa shape index (κ1) is 20.3. The van der Waals surface area contributed by atoms with Gasteiger partial charge in [-0.2, -0.15) is 5.10 Å². The molecule has 0 aliphatic carbocycles. The predicted molar refractivity (Wildman–Crippen MR) is 119 cm³/mol. The second kappa shape index (κ2) is 8.79. The standard InChI is InChI=1S/C23H25ClN4O2/c1-16-21(23(29)26-27-14-6-3-7-15-27)25-28(20-9-5-4-8-19(20)24)22(16)17-10-12-18(30-2)13-11-17/h4-6,8-14,16,22H,3,7,15H2,1-2H3,(H,26,29)/t16-,22+/m1/s1. The van der Waals surface area contributed by atoms with Crippen LogP contribution in [0.3, 0.4) is 0 Å². The second-order valence-electron chi connectivity index (χ2n) is 7.45. The van der Waals surface area contributed by atoms with Crippen molar-refractivity contribution in [3.8, 4) is 5.75 Å². The third-order valence-electron chi connectivity index (χ3n) is 5.47. The van der Waals surface area contributed by atoms with Crippen LogP contribution in [0.2, 0.25) is 5.02 Å². The molecule has 2 aromatic rings. The van der Waals surface area contributed by atoms with Gasteiger partial charge in [0.1, 0.15) is 11.5 Å². The Morgan fingerprint density at radius 1 is 1.20 bits per heavy atom. The van der Waals surface area contributed by atoms with Gasteiger partial charge < -0.3 is 4.74 Å². The molecule has 0 bridgehead atoms. The van der Waals surface area contributed by atoms with Crippen molar-refractivity contribution in [2.45, 2.75) is 25.8 Å². The first-order valence-corrected chi connectivity index (χ1v) is 10.5. The zero-order valence-electron chi connectivity index (χ0n) is 17.1. The molecule has 0 saturated heterocycles. The Bertz CT molecular complexity index is 973. The lowest BCUT2D eigenvalue weighted by molar-refractivity contribution is -0.118. The molecule has 0 aromatic heterocycles. The molecule has 1 N–H and O–H groups in total. The second-order valence-corrected chi connectivity index (χ2v) is 7.86. The van der Waals surface area contributed by atoms with Crippen LogP contribution < -0.4 is 15.2 Å². The van der Waals surface area contributed by atoms with Gasteiger partial charge in [0.2, 0.25) is 0 Å². The lowest BCUT2D eigenvalue weighted by Crippen LogP contribution is -2.44. The van der Waals surface area contributed by atoms with E-state index in [9.17, 15) is 4.79 Å². The van der Waals surface area contributed by atoms with Crippen LogP contribution in [0.1, 0.15) is 31.4 Å². The van der Waals surface area contributed by atoms with E-state index in [-0.39, 0.29) is 17.9 Å². The Kier molecular flexibility index (Phi) is 5.95. The van der Waals surface area contributed by atoms with Crippen LogP contribution in [0.5, 0.6) is 5.75 Å². The van der Waals surface area contributed by atoms with E-state index in [0.29, 0.717) is 10.7 Å². The molecule has 2 aliphatic heterocycles. The molecule has 6 nitrogen and oxygen atoms in total. The Morgan fingerprint density at radius 2 is 1.97 bits per heavy atom. The molecule has 0 spiro atoms. The Morgan fingerprint density at radius 3 is 2.63 bits per heavy atom. The number of nitrogens with zero attached hydrogens (tertiary/aromatic N) is 3. The van der Waals surface area contributed by atoms with Crippen molar-refractivity contribution in [3.05, 3.63) is 71.4 Å². The number of para-hydroxylation sites is 1. The van der Waals surface area contributed by atoms with Crippen molar-refractivity contribution in [2.24, 2.45) is 11.0 Å². The van der Waals surface area contributed by atoms with E-state index in [1.165, 1.54) is 0 Å². The first-order chi connectivity index (χ1) is 14.6. The monoisotopic (exact) mass is 424 g/mol. The van der Waals surface area contributed by atoms with Gasteiger partial charge in [-0.3, -0.25) is 20.2 Å². The molecule has 2 atom stereocenters. The minimum Gasteiger partial charge on any atom is -0.497 e. The van der Waals surface area contributed by atoms with Gasteiger partial charge in [0.15, 0.2) is 0 Å². The normalized spacial score (nSPS) is 20.8. The molecule has 0 saturated carbocycles. The molecule has 4 rings (SSSR count). The summed E-state index contributed by atoms with van der Waals surface area (Å²) >= 11 is 6.49. The van der Waals surface area contributed by atoms with Crippen LogP contribution in [-0.4, -0.2) is 30.3 Å². The van der Waals surface area contributed by atoms with Crippen molar-refractivity contribution < 1.29 is 9.53 Å². The van der Waals surface area contributed by atoms with Crippen molar-refractivity contribution in [3.63, 3.8) is 0 Å². The first-order valence-electron chi connectivity index (χ1n) is 10.1. The van der Waals surface area contributed by atoms with E-state index in [4.69, 9.17) is 21.4 Å². The number of benzene rings is 2. The third kappa shape index (κ3) is 4.00. The molecule has 2 heterocycles. The van der Waals surface area contributed by atoms with Gasteiger partial charge in [-0.25, -0.2) is 0 Å². The van der Waals surface area contributed by atoms with Gasteiger partial charge in [0, 0.05) is 18.7 Å². The number of halogens is 1. The Hall–Kier alpha value is -2.99. The predicted octanol–water partition coefficient (Wildman–Crippen LogP) is 4.54. The van der Waals surface area contributed by atoms with Crippen LogP contribution in [0, 0.1) is 5.92 Å². The maximum Gasteiger partial charge on any atom is 0.286 e. The van der Waals surface area contributed by atoms with E-state index < -0.39 is 0 Å². The summed E-state index contributed by atoms with van der Waals surface area (Å²) in [6, 6.07) is 15.3. The number of nitrogens with one attached hydrogen (secondary N) is 1. The molecular weight excluding hydrogens is 400 g/mol. The van der Waals surface area contributed by atoms with Crippen molar-refractivity contribution in [1.29, 1.82) is 0 Å². The highest BCUT2D eigenvalue weighted by atomic mass is 35.5. The molecular formula is C23H25ClN4O2. The van der Waals surface area contributed by atoms with Gasteiger partial charge >= 0.3 is 0 Å².